The Balaban J connectivity index is 4.16. The number of phosphoric ester groups is 1. The standard InChI is InChI=1S/C62H121N2O6P/c1-6-8-10-12-14-16-18-20-22-24-26-28-30-31-32-34-35-37-39-41-43-45-47-49-51-53-55-61(65)60(59-70-71(67,68)69-58-57-64(3,4)5)63-62(66)56-54-52-50-48-46-44-42-40-38-36-33-29-27-25-23-21-19-17-15-13-11-9-7-2/h19,21,25,27,53,55,60-61,65H,6-18,20,22-24,26,28-52,54,56-59H2,1-5H3,(H-,63,66,67,68)/b21-19-,27-25-,55-53+. The number of quaternary nitrogens is 1. The fourth-order valence-electron chi connectivity index (χ4n) is 9.25. The van der Waals surface area contributed by atoms with Crippen LogP contribution in [0.2, 0.25) is 0 Å². The van der Waals surface area contributed by atoms with Crippen molar-refractivity contribution in [3.63, 3.8) is 0 Å². The summed E-state index contributed by atoms with van der Waals surface area (Å²) in [6.45, 7) is 4.68. The highest BCUT2D eigenvalue weighted by Crippen LogP contribution is 2.38. The van der Waals surface area contributed by atoms with Gasteiger partial charge in [0.1, 0.15) is 13.2 Å². The third-order valence-corrected chi connectivity index (χ3v) is 15.1. The van der Waals surface area contributed by atoms with Crippen molar-refractivity contribution < 1.29 is 32.9 Å². The molecule has 8 nitrogen and oxygen atoms in total. The largest absolute Gasteiger partial charge is 0.756 e. The number of unbranched alkanes of at least 4 members (excludes halogenated alkanes) is 40. The Kier molecular flexibility index (Phi) is 52.6. The molecule has 0 aliphatic heterocycles. The molecule has 71 heavy (non-hydrogen) atoms. The molecule has 0 aromatic heterocycles. The van der Waals surface area contributed by atoms with Crippen molar-refractivity contribution in [2.24, 2.45) is 0 Å². The lowest BCUT2D eigenvalue weighted by Crippen LogP contribution is -2.45. The van der Waals surface area contributed by atoms with Gasteiger partial charge in [0.05, 0.1) is 39.9 Å². The van der Waals surface area contributed by atoms with Crippen molar-refractivity contribution in [2.45, 2.75) is 315 Å². The van der Waals surface area contributed by atoms with Gasteiger partial charge in [0.15, 0.2) is 0 Å². The number of carbonyl (C=O) groups is 1. The van der Waals surface area contributed by atoms with E-state index in [0.29, 0.717) is 17.4 Å². The number of hydrogen-bond acceptors (Lipinski definition) is 6. The summed E-state index contributed by atoms with van der Waals surface area (Å²) in [5.41, 5.74) is 0. The second-order valence-electron chi connectivity index (χ2n) is 22.4. The summed E-state index contributed by atoms with van der Waals surface area (Å²) in [5, 5.41) is 13.9. The number of likely N-dealkylation sites (N-methyl/N-ethyl adjacent to an activating group) is 1. The van der Waals surface area contributed by atoms with Gasteiger partial charge in [-0.2, -0.15) is 0 Å². The van der Waals surface area contributed by atoms with Gasteiger partial charge in [-0.05, 0) is 51.4 Å². The van der Waals surface area contributed by atoms with Gasteiger partial charge in [0.2, 0.25) is 5.91 Å². The van der Waals surface area contributed by atoms with Crippen molar-refractivity contribution in [2.75, 3.05) is 40.9 Å². The Hall–Kier alpha value is -1.28. The molecule has 0 bridgehead atoms. The van der Waals surface area contributed by atoms with E-state index in [2.05, 4.69) is 43.5 Å². The zero-order chi connectivity index (χ0) is 52.0. The summed E-state index contributed by atoms with van der Waals surface area (Å²) in [6, 6.07) is -0.888. The maximum Gasteiger partial charge on any atom is 0.268 e. The number of carbonyl (C=O) groups excluding carboxylic acids is 1. The summed E-state index contributed by atoms with van der Waals surface area (Å²) in [5.74, 6) is -0.196. The molecule has 0 radical (unpaired) electrons. The summed E-state index contributed by atoms with van der Waals surface area (Å²) in [4.78, 5) is 25.5. The second-order valence-corrected chi connectivity index (χ2v) is 23.8. The van der Waals surface area contributed by atoms with Crippen LogP contribution in [0.5, 0.6) is 0 Å². The van der Waals surface area contributed by atoms with Crippen LogP contribution in [0.4, 0.5) is 0 Å². The fraction of sp³-hybridized carbons (Fsp3) is 0.887. The van der Waals surface area contributed by atoms with Crippen LogP contribution in [-0.4, -0.2) is 68.5 Å². The molecule has 0 saturated heterocycles. The van der Waals surface area contributed by atoms with E-state index in [-0.39, 0.29) is 19.1 Å². The molecule has 0 aromatic carbocycles. The SMILES string of the molecule is CCCCCCC/C=C\C/C=C\CCCCCCCCCCCCCC(=O)NC(COP(=O)([O-])OCC[N+](C)(C)C)C(O)/C=C/CCCCCCCCCCCCCCCCCCCCCCCCCC. The molecule has 3 unspecified atom stereocenters. The highest BCUT2D eigenvalue weighted by atomic mass is 31.2. The van der Waals surface area contributed by atoms with Gasteiger partial charge in [-0.25, -0.2) is 0 Å². The Labute approximate surface area is 442 Å². The highest BCUT2D eigenvalue weighted by Gasteiger charge is 2.23. The van der Waals surface area contributed by atoms with Crippen LogP contribution in [0.1, 0.15) is 303 Å². The maximum absolute atomic E-state index is 13.0. The minimum atomic E-state index is -4.60. The zero-order valence-corrected chi connectivity index (χ0v) is 48.8. The molecule has 0 rings (SSSR count). The molecule has 420 valence electrons. The molecule has 0 saturated carbocycles. The van der Waals surface area contributed by atoms with E-state index in [4.69, 9.17) is 9.05 Å². The van der Waals surface area contributed by atoms with Gasteiger partial charge < -0.3 is 28.8 Å². The predicted octanol–water partition coefficient (Wildman–Crippen LogP) is 18.3. The quantitative estimate of drug-likeness (QED) is 0.0272. The molecule has 0 heterocycles. The molecular weight excluding hydrogens is 900 g/mol. The highest BCUT2D eigenvalue weighted by molar-refractivity contribution is 7.45. The number of nitrogens with zero attached hydrogens (tertiary/aromatic N) is 1. The molecule has 3 atom stereocenters. The summed E-state index contributed by atoms with van der Waals surface area (Å²) in [7, 11) is 1.27. The normalized spacial score (nSPS) is 14.1. The molecule has 0 fully saturated rings. The summed E-state index contributed by atoms with van der Waals surface area (Å²) < 4.78 is 23.4. The monoisotopic (exact) mass is 1020 g/mol. The van der Waals surface area contributed by atoms with Crippen molar-refractivity contribution in [3.05, 3.63) is 36.5 Å². The topological polar surface area (TPSA) is 108 Å². The van der Waals surface area contributed by atoms with Gasteiger partial charge in [0.25, 0.3) is 7.82 Å². The first-order valence-corrected chi connectivity index (χ1v) is 32.3. The third-order valence-electron chi connectivity index (χ3n) is 14.1. The van der Waals surface area contributed by atoms with Gasteiger partial charge in [-0.1, -0.05) is 281 Å². The van der Waals surface area contributed by atoms with E-state index >= 15 is 0 Å². The number of aliphatic hydroxyl groups is 1. The number of hydrogen-bond donors (Lipinski definition) is 2. The van der Waals surface area contributed by atoms with Crippen LogP contribution in [-0.2, 0) is 18.4 Å². The van der Waals surface area contributed by atoms with E-state index in [0.717, 1.165) is 44.9 Å². The predicted molar refractivity (Wildman–Crippen MR) is 307 cm³/mol. The van der Waals surface area contributed by atoms with Crippen LogP contribution >= 0.6 is 7.82 Å². The lowest BCUT2D eigenvalue weighted by Gasteiger charge is -2.29. The number of allylic oxidation sites excluding steroid dienone is 5. The van der Waals surface area contributed by atoms with Crippen molar-refractivity contribution >= 4 is 13.7 Å². The summed E-state index contributed by atoms with van der Waals surface area (Å²) in [6.07, 6.45) is 69.4. The molecule has 0 aliphatic rings. The number of phosphoric acid groups is 1. The minimum Gasteiger partial charge on any atom is -0.756 e. The van der Waals surface area contributed by atoms with Gasteiger partial charge in [-0.3, -0.25) is 9.36 Å². The van der Waals surface area contributed by atoms with E-state index in [1.165, 1.54) is 238 Å². The molecule has 2 N–H and O–H groups in total. The van der Waals surface area contributed by atoms with Crippen LogP contribution < -0.4 is 10.2 Å². The van der Waals surface area contributed by atoms with Crippen LogP contribution in [0.25, 0.3) is 0 Å². The first-order valence-electron chi connectivity index (χ1n) is 30.9. The molecule has 0 aromatic rings. The van der Waals surface area contributed by atoms with E-state index in [9.17, 15) is 19.4 Å². The lowest BCUT2D eigenvalue weighted by atomic mass is 10.0. The Morgan fingerprint density at radius 3 is 1.17 bits per heavy atom. The van der Waals surface area contributed by atoms with Gasteiger partial charge in [0, 0.05) is 6.42 Å². The molecule has 1 amide bonds. The van der Waals surface area contributed by atoms with Crippen LogP contribution in [0, 0.1) is 0 Å². The number of aliphatic hydroxyl groups excluding tert-OH is 1. The molecule has 0 aliphatic carbocycles. The third kappa shape index (κ3) is 56.3. The second kappa shape index (κ2) is 53.5. The lowest BCUT2D eigenvalue weighted by molar-refractivity contribution is -0.870. The average Bonchev–Trinajstić information content (AvgIpc) is 3.33. The zero-order valence-electron chi connectivity index (χ0n) is 47.9. The molecule has 9 heteroatoms. The number of nitrogens with one attached hydrogen (secondary N) is 1. The first kappa shape index (κ1) is 69.7. The smallest absolute Gasteiger partial charge is 0.268 e. The Morgan fingerprint density at radius 2 is 0.817 bits per heavy atom. The van der Waals surface area contributed by atoms with E-state index in [1.54, 1.807) is 6.08 Å². The van der Waals surface area contributed by atoms with Crippen molar-refractivity contribution in [3.8, 4) is 0 Å². The van der Waals surface area contributed by atoms with E-state index in [1.807, 2.05) is 27.2 Å². The van der Waals surface area contributed by atoms with Crippen LogP contribution in [0.3, 0.4) is 0 Å². The van der Waals surface area contributed by atoms with Gasteiger partial charge in [-0.15, -0.1) is 0 Å². The molecular formula is C62H121N2O6P. The number of rotatable bonds is 57. The van der Waals surface area contributed by atoms with Crippen molar-refractivity contribution in [1.82, 2.24) is 5.32 Å². The number of amides is 1. The average molecular weight is 1020 g/mol. The van der Waals surface area contributed by atoms with E-state index < -0.39 is 20.0 Å². The summed E-state index contributed by atoms with van der Waals surface area (Å²) >= 11 is 0. The van der Waals surface area contributed by atoms with Gasteiger partial charge >= 0.3 is 0 Å². The Bertz CT molecular complexity index is 1250. The minimum absolute atomic E-state index is 0.000655. The fourth-order valence-corrected chi connectivity index (χ4v) is 9.97. The maximum atomic E-state index is 13.0. The van der Waals surface area contributed by atoms with Crippen molar-refractivity contribution in [1.29, 1.82) is 0 Å². The first-order chi connectivity index (χ1) is 34.5. The Morgan fingerprint density at radius 1 is 0.493 bits per heavy atom. The molecule has 0 spiro atoms. The van der Waals surface area contributed by atoms with Crippen LogP contribution in [0.15, 0.2) is 36.5 Å².